The Hall–Kier alpha value is -8.00. The largest absolute Gasteiger partial charge is 0.494 e. The van der Waals surface area contributed by atoms with Crippen molar-refractivity contribution in [3.63, 3.8) is 0 Å². The smallest absolute Gasteiger partial charge is 0.347 e. The summed E-state index contributed by atoms with van der Waals surface area (Å²) in [6.07, 6.45) is 3.63. The molecule has 0 bridgehead atoms. The van der Waals surface area contributed by atoms with E-state index >= 15 is 0 Å². The molecule has 0 saturated heterocycles. The van der Waals surface area contributed by atoms with Crippen molar-refractivity contribution in [1.82, 2.24) is 0 Å². The molecule has 0 N–H and O–H groups in total. The minimum atomic E-state index is -0.664. The van der Waals surface area contributed by atoms with Crippen molar-refractivity contribution in [1.29, 1.82) is 0 Å². The van der Waals surface area contributed by atoms with E-state index < -0.39 is 23.9 Å². The lowest BCUT2D eigenvalue weighted by atomic mass is 10.1. The second kappa shape index (κ2) is 26.4. The predicted molar refractivity (Wildman–Crippen MR) is 257 cm³/mol. The SMILES string of the molecule is CCOc1ccc(OC(=O)c2ccc(C(=O)Oc3ccc(OCC)cc3)c(OCCCCCCCOc3cc(C(=O)Oc4ccc(OCC)cc4)ccc3C(=O)Oc3ccc(OCC)cc3)c2)cc1. The number of rotatable bonds is 26. The van der Waals surface area contributed by atoms with Crippen LogP contribution in [-0.4, -0.2) is 63.5 Å². The molecular formula is C55H56O14. The number of ether oxygens (including phenoxy) is 10. The summed E-state index contributed by atoms with van der Waals surface area (Å²) in [4.78, 5) is 53.3. The first kappa shape index (κ1) is 50.4. The number of carbonyl (C=O) groups excluding carboxylic acids is 4. The lowest BCUT2D eigenvalue weighted by molar-refractivity contribution is 0.0716. The summed E-state index contributed by atoms with van der Waals surface area (Å²) >= 11 is 0. The molecule has 0 heterocycles. The van der Waals surface area contributed by atoms with E-state index in [1.807, 2.05) is 27.7 Å². The Morgan fingerprint density at radius 2 is 0.565 bits per heavy atom. The summed E-state index contributed by atoms with van der Waals surface area (Å²) in [7, 11) is 0. The molecule has 0 amide bonds. The van der Waals surface area contributed by atoms with Gasteiger partial charge in [-0.25, -0.2) is 19.2 Å². The van der Waals surface area contributed by atoms with E-state index in [1.54, 1.807) is 97.1 Å². The maximum absolute atomic E-state index is 13.4. The monoisotopic (exact) mass is 940 g/mol. The van der Waals surface area contributed by atoms with Crippen LogP contribution in [-0.2, 0) is 0 Å². The van der Waals surface area contributed by atoms with Gasteiger partial charge < -0.3 is 47.4 Å². The van der Waals surface area contributed by atoms with Crippen LogP contribution in [0.1, 0.15) is 101 Å². The molecule has 0 spiro atoms. The lowest BCUT2D eigenvalue weighted by Gasteiger charge is -2.14. The van der Waals surface area contributed by atoms with Crippen molar-refractivity contribution in [2.24, 2.45) is 0 Å². The van der Waals surface area contributed by atoms with Gasteiger partial charge >= 0.3 is 23.9 Å². The summed E-state index contributed by atoms with van der Waals surface area (Å²) < 4.78 is 56.7. The van der Waals surface area contributed by atoms with Crippen LogP contribution in [0.15, 0.2) is 133 Å². The molecule has 0 atom stereocenters. The Kier molecular flexibility index (Phi) is 19.3. The topological polar surface area (TPSA) is 161 Å². The van der Waals surface area contributed by atoms with E-state index in [1.165, 1.54) is 36.4 Å². The van der Waals surface area contributed by atoms with Gasteiger partial charge in [-0.05, 0) is 174 Å². The van der Waals surface area contributed by atoms with Crippen molar-refractivity contribution in [2.75, 3.05) is 39.6 Å². The van der Waals surface area contributed by atoms with Gasteiger partial charge in [-0.2, -0.15) is 0 Å². The van der Waals surface area contributed by atoms with E-state index in [4.69, 9.17) is 47.4 Å². The molecule has 0 aliphatic carbocycles. The molecule has 0 saturated carbocycles. The number of esters is 4. The number of benzene rings is 6. The van der Waals surface area contributed by atoms with Gasteiger partial charge in [0.15, 0.2) is 0 Å². The van der Waals surface area contributed by atoms with Gasteiger partial charge in [0, 0.05) is 0 Å². The van der Waals surface area contributed by atoms with Crippen LogP contribution in [0.2, 0.25) is 0 Å². The highest BCUT2D eigenvalue weighted by Gasteiger charge is 2.21. The van der Waals surface area contributed by atoms with Crippen LogP contribution in [0.3, 0.4) is 0 Å². The highest BCUT2D eigenvalue weighted by molar-refractivity contribution is 5.98. The zero-order valence-corrected chi connectivity index (χ0v) is 39.2. The Morgan fingerprint density at radius 3 is 0.855 bits per heavy atom. The third-order valence-electron chi connectivity index (χ3n) is 10.1. The molecule has 0 fully saturated rings. The fourth-order valence-corrected chi connectivity index (χ4v) is 6.71. The molecular weight excluding hydrogens is 885 g/mol. The van der Waals surface area contributed by atoms with Gasteiger partial charge in [-0.15, -0.1) is 0 Å². The number of unbranched alkanes of at least 4 members (excludes halogenated alkanes) is 4. The molecule has 69 heavy (non-hydrogen) atoms. The van der Waals surface area contributed by atoms with Crippen LogP contribution in [0.4, 0.5) is 0 Å². The summed E-state index contributed by atoms with van der Waals surface area (Å²) in [5, 5.41) is 0. The maximum Gasteiger partial charge on any atom is 0.347 e. The van der Waals surface area contributed by atoms with E-state index in [0.717, 1.165) is 19.3 Å². The maximum atomic E-state index is 13.4. The second-order valence-electron chi connectivity index (χ2n) is 15.1. The summed E-state index contributed by atoms with van der Waals surface area (Å²) in [5.74, 6) is 1.60. The van der Waals surface area contributed by atoms with E-state index in [9.17, 15) is 19.2 Å². The first-order chi connectivity index (χ1) is 33.7. The second-order valence-corrected chi connectivity index (χ2v) is 15.1. The molecule has 0 unspecified atom stereocenters. The van der Waals surface area contributed by atoms with E-state index in [-0.39, 0.29) is 47.0 Å². The van der Waals surface area contributed by atoms with Crippen LogP contribution in [0, 0.1) is 0 Å². The van der Waals surface area contributed by atoms with Crippen LogP contribution < -0.4 is 47.4 Å². The van der Waals surface area contributed by atoms with Crippen molar-refractivity contribution >= 4 is 23.9 Å². The minimum absolute atomic E-state index is 0.134. The van der Waals surface area contributed by atoms with Gasteiger partial charge in [-0.3, -0.25) is 0 Å². The van der Waals surface area contributed by atoms with E-state index in [2.05, 4.69) is 0 Å². The Morgan fingerprint density at radius 1 is 0.304 bits per heavy atom. The lowest BCUT2D eigenvalue weighted by Crippen LogP contribution is -2.14. The molecule has 14 heteroatoms. The zero-order chi connectivity index (χ0) is 48.8. The number of hydrogen-bond acceptors (Lipinski definition) is 14. The third kappa shape index (κ3) is 15.5. The molecule has 0 aliphatic rings. The average molecular weight is 941 g/mol. The highest BCUT2D eigenvalue weighted by Crippen LogP contribution is 2.29. The Labute approximate surface area is 401 Å². The van der Waals surface area contributed by atoms with Gasteiger partial charge in [0.25, 0.3) is 0 Å². The van der Waals surface area contributed by atoms with Crippen molar-refractivity contribution in [2.45, 2.75) is 59.8 Å². The van der Waals surface area contributed by atoms with Crippen molar-refractivity contribution in [3.8, 4) is 57.5 Å². The quantitative estimate of drug-likeness (QED) is 0.0287. The molecule has 0 aliphatic heterocycles. The normalized spacial score (nSPS) is 10.6. The zero-order valence-electron chi connectivity index (χ0n) is 39.2. The molecule has 0 radical (unpaired) electrons. The number of hydrogen-bond donors (Lipinski definition) is 0. The van der Waals surface area contributed by atoms with Gasteiger partial charge in [0.2, 0.25) is 0 Å². The fourth-order valence-electron chi connectivity index (χ4n) is 6.71. The number of carbonyl (C=O) groups is 4. The average Bonchev–Trinajstić information content (AvgIpc) is 3.36. The summed E-state index contributed by atoms with van der Waals surface area (Å²) in [5.41, 5.74) is 0.628. The Bertz CT molecular complexity index is 2410. The van der Waals surface area contributed by atoms with Crippen LogP contribution >= 0.6 is 0 Å². The van der Waals surface area contributed by atoms with Crippen LogP contribution in [0.5, 0.6) is 57.5 Å². The predicted octanol–water partition coefficient (Wildman–Crippen LogP) is 11.6. The molecule has 14 nitrogen and oxygen atoms in total. The fraction of sp³-hybridized carbons (Fsp3) is 0.273. The molecule has 360 valence electrons. The molecule has 6 rings (SSSR count). The summed E-state index contributed by atoms with van der Waals surface area (Å²) in [6, 6.07) is 35.6. The van der Waals surface area contributed by atoms with Crippen molar-refractivity contribution in [3.05, 3.63) is 156 Å². The molecule has 6 aromatic rings. The highest BCUT2D eigenvalue weighted by atomic mass is 16.6. The van der Waals surface area contributed by atoms with Crippen LogP contribution in [0.25, 0.3) is 0 Å². The first-order valence-electron chi connectivity index (χ1n) is 23.0. The Balaban J connectivity index is 1.05. The standard InChI is InChI=1S/C55H56O14/c1-5-60-40-16-24-44(25-17-40)66-52(56)38-14-32-48(54(58)68-46-28-20-42(21-29-46)62-7-3)50(36-38)64-34-12-10-9-11-13-35-65-51-37-39(53(57)67-45-26-18-41(19-27-45)61-6-2)15-33-49(51)55(59)69-47-30-22-43(23-31-47)63-8-4/h14-33,36-37H,5-13,34-35H2,1-4H3. The van der Waals surface area contributed by atoms with Gasteiger partial charge in [0.05, 0.1) is 50.8 Å². The van der Waals surface area contributed by atoms with Crippen molar-refractivity contribution < 1.29 is 66.5 Å². The molecule has 6 aromatic carbocycles. The van der Waals surface area contributed by atoms with Gasteiger partial charge in [0.1, 0.15) is 68.6 Å². The first-order valence-corrected chi connectivity index (χ1v) is 23.0. The minimum Gasteiger partial charge on any atom is -0.494 e. The summed E-state index contributed by atoms with van der Waals surface area (Å²) in [6.45, 7) is 10.0. The third-order valence-corrected chi connectivity index (χ3v) is 10.1. The molecule has 0 aromatic heterocycles. The van der Waals surface area contributed by atoms with Gasteiger partial charge in [-0.1, -0.05) is 19.3 Å². The van der Waals surface area contributed by atoms with E-state index in [0.29, 0.717) is 85.3 Å².